The van der Waals surface area contributed by atoms with Gasteiger partial charge in [0.25, 0.3) is 0 Å². The number of rotatable bonds is 5. The quantitative estimate of drug-likeness (QED) is 0.762. The Morgan fingerprint density at radius 2 is 2.29 bits per heavy atom. The molecule has 1 heterocycles. The van der Waals surface area contributed by atoms with Crippen LogP contribution < -0.4 is 11.1 Å². The second kappa shape index (κ2) is 7.24. The molecule has 0 aromatic rings. The van der Waals surface area contributed by atoms with Crippen molar-refractivity contribution >= 4 is 17.7 Å². The summed E-state index contributed by atoms with van der Waals surface area (Å²) in [5.41, 5.74) is 5.83. The number of amides is 1. The maximum atomic E-state index is 11.6. The number of carbonyl (C=O) groups is 1. The lowest BCUT2D eigenvalue weighted by Crippen LogP contribution is -2.53. The van der Waals surface area contributed by atoms with Gasteiger partial charge >= 0.3 is 0 Å². The highest BCUT2D eigenvalue weighted by atomic mass is 32.2. The molecule has 1 saturated heterocycles. The number of hydrogen-bond donors (Lipinski definition) is 2. The molecule has 3 atom stereocenters. The van der Waals surface area contributed by atoms with Crippen LogP contribution in [0.25, 0.3) is 0 Å². The van der Waals surface area contributed by atoms with Gasteiger partial charge in [-0.2, -0.15) is 11.8 Å². The Kier molecular flexibility index (Phi) is 6.30. The Morgan fingerprint density at radius 1 is 1.59 bits per heavy atom. The van der Waals surface area contributed by atoms with Crippen LogP contribution >= 0.6 is 11.8 Å². The van der Waals surface area contributed by atoms with Gasteiger partial charge in [0.05, 0.1) is 0 Å². The summed E-state index contributed by atoms with van der Waals surface area (Å²) in [5, 5.41) is 3.47. The van der Waals surface area contributed by atoms with Crippen LogP contribution in [0.5, 0.6) is 0 Å². The van der Waals surface area contributed by atoms with Gasteiger partial charge in [-0.25, -0.2) is 0 Å². The molecule has 17 heavy (non-hydrogen) atoms. The molecule has 1 amide bonds. The fraction of sp³-hybridized carbons (Fsp3) is 0.917. The summed E-state index contributed by atoms with van der Waals surface area (Å²) in [4.78, 5) is 14.0. The smallest absolute Gasteiger partial charge is 0.221 e. The first-order chi connectivity index (χ1) is 8.10. The van der Waals surface area contributed by atoms with Crippen molar-refractivity contribution in [2.45, 2.75) is 44.5 Å². The molecule has 0 aromatic heterocycles. The third-order valence-electron chi connectivity index (χ3n) is 3.47. The topological polar surface area (TPSA) is 58.4 Å². The van der Waals surface area contributed by atoms with Crippen molar-refractivity contribution in [2.24, 2.45) is 5.73 Å². The van der Waals surface area contributed by atoms with Gasteiger partial charge in [0.1, 0.15) is 0 Å². The fourth-order valence-corrected chi connectivity index (χ4v) is 3.41. The molecule has 0 aromatic carbocycles. The maximum absolute atomic E-state index is 11.6. The summed E-state index contributed by atoms with van der Waals surface area (Å²) in [5.74, 6) is 1.25. The van der Waals surface area contributed by atoms with Crippen molar-refractivity contribution in [1.29, 1.82) is 0 Å². The lowest BCUT2D eigenvalue weighted by molar-refractivity contribution is -0.122. The standard InChI is InChI=1S/C12H25N3OS/c1-4-14-12(16)7-11(8-13)15-5-6-17-10(3)9(15)2/h9-11H,4-8,13H2,1-3H3,(H,14,16). The molecule has 0 radical (unpaired) electrons. The van der Waals surface area contributed by atoms with Crippen LogP contribution in [-0.2, 0) is 4.79 Å². The number of thioether (sulfide) groups is 1. The molecule has 3 unspecified atom stereocenters. The summed E-state index contributed by atoms with van der Waals surface area (Å²) in [6.07, 6.45) is 0.520. The molecule has 0 spiro atoms. The Hall–Kier alpha value is -0.260. The number of nitrogens with zero attached hydrogens (tertiary/aromatic N) is 1. The molecule has 0 bridgehead atoms. The first-order valence-corrected chi connectivity index (χ1v) is 7.49. The van der Waals surface area contributed by atoms with Crippen LogP contribution in [0.2, 0.25) is 0 Å². The van der Waals surface area contributed by atoms with E-state index in [0.29, 0.717) is 30.8 Å². The molecule has 1 rings (SSSR count). The highest BCUT2D eigenvalue weighted by Crippen LogP contribution is 2.26. The Bertz CT molecular complexity index is 250. The average Bonchev–Trinajstić information content (AvgIpc) is 2.30. The monoisotopic (exact) mass is 259 g/mol. The Labute approximate surface area is 109 Å². The van der Waals surface area contributed by atoms with Crippen molar-refractivity contribution in [2.75, 3.05) is 25.4 Å². The molecule has 1 fully saturated rings. The highest BCUT2D eigenvalue weighted by molar-refractivity contribution is 8.00. The number of nitrogens with one attached hydrogen (secondary N) is 1. The molecular weight excluding hydrogens is 234 g/mol. The maximum Gasteiger partial charge on any atom is 0.221 e. The number of hydrogen-bond acceptors (Lipinski definition) is 4. The number of carbonyl (C=O) groups excluding carboxylic acids is 1. The SMILES string of the molecule is CCNC(=O)CC(CN)N1CCSC(C)C1C. The number of nitrogens with two attached hydrogens (primary N) is 1. The van der Waals surface area contributed by atoms with Crippen molar-refractivity contribution in [3.05, 3.63) is 0 Å². The second-order valence-corrected chi connectivity index (χ2v) is 6.09. The van der Waals surface area contributed by atoms with Gasteiger partial charge in [-0.3, -0.25) is 9.69 Å². The van der Waals surface area contributed by atoms with Crippen LogP contribution in [0.1, 0.15) is 27.2 Å². The molecule has 4 nitrogen and oxygen atoms in total. The fourth-order valence-electron chi connectivity index (χ4n) is 2.29. The van der Waals surface area contributed by atoms with Gasteiger partial charge in [0.15, 0.2) is 0 Å². The molecule has 1 aliphatic rings. The highest BCUT2D eigenvalue weighted by Gasteiger charge is 2.30. The summed E-state index contributed by atoms with van der Waals surface area (Å²) in [6.45, 7) is 8.71. The summed E-state index contributed by atoms with van der Waals surface area (Å²) in [6, 6.07) is 0.677. The third-order valence-corrected chi connectivity index (χ3v) is 4.81. The van der Waals surface area contributed by atoms with E-state index in [1.54, 1.807) is 0 Å². The van der Waals surface area contributed by atoms with Crippen molar-refractivity contribution in [1.82, 2.24) is 10.2 Å². The van der Waals surface area contributed by atoms with Gasteiger partial charge in [-0.1, -0.05) is 6.92 Å². The minimum absolute atomic E-state index is 0.112. The first kappa shape index (κ1) is 14.8. The van der Waals surface area contributed by atoms with Gasteiger partial charge in [0, 0.05) is 49.1 Å². The zero-order valence-corrected chi connectivity index (χ0v) is 11.9. The van der Waals surface area contributed by atoms with Crippen molar-refractivity contribution < 1.29 is 4.79 Å². The Morgan fingerprint density at radius 3 is 2.88 bits per heavy atom. The Balaban J connectivity index is 2.56. The molecule has 3 N–H and O–H groups in total. The van der Waals surface area contributed by atoms with Gasteiger partial charge in [-0.05, 0) is 13.8 Å². The van der Waals surface area contributed by atoms with Crippen molar-refractivity contribution in [3.63, 3.8) is 0 Å². The van der Waals surface area contributed by atoms with E-state index in [-0.39, 0.29) is 11.9 Å². The minimum Gasteiger partial charge on any atom is -0.356 e. The largest absolute Gasteiger partial charge is 0.356 e. The van der Waals surface area contributed by atoms with E-state index >= 15 is 0 Å². The van der Waals surface area contributed by atoms with Gasteiger partial charge in [0.2, 0.25) is 5.91 Å². The molecule has 0 saturated carbocycles. The van der Waals surface area contributed by atoms with E-state index in [4.69, 9.17) is 5.73 Å². The zero-order chi connectivity index (χ0) is 12.8. The third kappa shape index (κ3) is 4.16. The van der Waals surface area contributed by atoms with Crippen LogP contribution in [0, 0.1) is 0 Å². The van der Waals surface area contributed by atoms with Crippen molar-refractivity contribution in [3.8, 4) is 0 Å². The molecule has 100 valence electrons. The van der Waals surface area contributed by atoms with E-state index in [9.17, 15) is 4.79 Å². The lowest BCUT2D eigenvalue weighted by atomic mass is 10.1. The van der Waals surface area contributed by atoms with E-state index in [1.165, 1.54) is 0 Å². The van der Waals surface area contributed by atoms with Crippen LogP contribution in [0.15, 0.2) is 0 Å². The van der Waals surface area contributed by atoms with Crippen LogP contribution in [0.3, 0.4) is 0 Å². The normalized spacial score (nSPS) is 27.8. The summed E-state index contributed by atoms with van der Waals surface area (Å²) in [7, 11) is 0. The van der Waals surface area contributed by atoms with E-state index < -0.39 is 0 Å². The minimum atomic E-state index is 0.112. The summed E-state index contributed by atoms with van der Waals surface area (Å²) >= 11 is 2.00. The molecule has 5 heteroatoms. The van der Waals surface area contributed by atoms with Crippen LogP contribution in [0.4, 0.5) is 0 Å². The lowest BCUT2D eigenvalue weighted by Gasteiger charge is -2.42. The van der Waals surface area contributed by atoms with Gasteiger partial charge < -0.3 is 11.1 Å². The average molecular weight is 259 g/mol. The summed E-state index contributed by atoms with van der Waals surface area (Å²) < 4.78 is 0. The predicted octanol–water partition coefficient (Wildman–Crippen LogP) is 0.666. The second-order valence-electron chi connectivity index (χ2n) is 4.60. The first-order valence-electron chi connectivity index (χ1n) is 6.44. The zero-order valence-electron chi connectivity index (χ0n) is 11.1. The van der Waals surface area contributed by atoms with Crippen LogP contribution in [-0.4, -0.2) is 53.5 Å². The predicted molar refractivity (Wildman–Crippen MR) is 74.2 cm³/mol. The molecule has 1 aliphatic heterocycles. The van der Waals surface area contributed by atoms with E-state index in [0.717, 1.165) is 12.3 Å². The molecular formula is C12H25N3OS. The molecule has 0 aliphatic carbocycles. The van der Waals surface area contributed by atoms with E-state index in [2.05, 4.69) is 24.1 Å². The van der Waals surface area contributed by atoms with E-state index in [1.807, 2.05) is 18.7 Å². The van der Waals surface area contributed by atoms with Gasteiger partial charge in [-0.15, -0.1) is 0 Å².